The van der Waals surface area contributed by atoms with Crippen LogP contribution in [0.25, 0.3) is 11.2 Å². The Kier molecular flexibility index (Phi) is 3.84. The second-order valence-electron chi connectivity index (χ2n) is 5.14. The lowest BCUT2D eigenvalue weighted by molar-refractivity contribution is 0.126. The number of carbonyl (C=O) groups excluding carboxylic acids is 1. The van der Waals surface area contributed by atoms with Crippen molar-refractivity contribution < 1.29 is 14.0 Å². The van der Waals surface area contributed by atoms with Gasteiger partial charge in [-0.1, -0.05) is 22.9 Å². The van der Waals surface area contributed by atoms with Crippen LogP contribution in [-0.4, -0.2) is 15.8 Å². The van der Waals surface area contributed by atoms with E-state index in [0.29, 0.717) is 0 Å². The van der Waals surface area contributed by atoms with E-state index < -0.39 is 11.8 Å². The summed E-state index contributed by atoms with van der Waals surface area (Å²) in [6.45, 7) is 4.31. The lowest BCUT2D eigenvalue weighted by atomic mass is 10.1. The van der Waals surface area contributed by atoms with Gasteiger partial charge in [-0.05, 0) is 42.7 Å². The molecule has 0 saturated carbocycles. The zero-order valence-electron chi connectivity index (χ0n) is 12.7. The van der Waals surface area contributed by atoms with Gasteiger partial charge in [0.2, 0.25) is 5.65 Å². The second kappa shape index (κ2) is 5.96. The maximum absolute atomic E-state index is 11.9. The van der Waals surface area contributed by atoms with Crippen LogP contribution in [-0.2, 0) is 6.54 Å². The average Bonchev–Trinajstić information content (AvgIpc) is 2.84. The molecule has 23 heavy (non-hydrogen) atoms. The number of benzene rings is 1. The maximum Gasteiger partial charge on any atom is 0.455 e. The monoisotopic (exact) mass is 313 g/mol. The van der Waals surface area contributed by atoms with Crippen molar-refractivity contribution >= 4 is 17.3 Å². The highest BCUT2D eigenvalue weighted by Crippen LogP contribution is 2.10. The van der Waals surface area contributed by atoms with Crippen molar-refractivity contribution in [2.45, 2.75) is 20.4 Å². The third kappa shape index (κ3) is 3.08. The number of pyridine rings is 1. The van der Waals surface area contributed by atoms with Gasteiger partial charge in [-0.3, -0.25) is 0 Å². The van der Waals surface area contributed by atoms with Crippen LogP contribution >= 0.6 is 0 Å². The molecule has 0 spiro atoms. The third-order valence-corrected chi connectivity index (χ3v) is 3.49. The fourth-order valence-corrected chi connectivity index (χ4v) is 2.12. The first-order chi connectivity index (χ1) is 11.0. The Balaban J connectivity index is 1.70. The van der Waals surface area contributed by atoms with Crippen molar-refractivity contribution in [3.63, 3.8) is 0 Å². The highest BCUT2D eigenvalue weighted by atomic mass is 16.7. The van der Waals surface area contributed by atoms with E-state index in [9.17, 15) is 9.59 Å². The average molecular weight is 313 g/mol. The van der Waals surface area contributed by atoms with Crippen LogP contribution in [0.5, 0.6) is 0 Å². The topological polar surface area (TPSA) is 86.4 Å². The van der Waals surface area contributed by atoms with Gasteiger partial charge in [0.05, 0.1) is 0 Å². The Hall–Kier alpha value is -3.09. The molecule has 7 heteroatoms. The van der Waals surface area contributed by atoms with E-state index in [-0.39, 0.29) is 17.8 Å². The highest BCUT2D eigenvalue weighted by Gasteiger charge is 2.14. The smallest absolute Gasteiger partial charge is 0.404 e. The lowest BCUT2D eigenvalue weighted by Crippen LogP contribution is -2.35. The van der Waals surface area contributed by atoms with Crippen LogP contribution in [0.1, 0.15) is 16.7 Å². The summed E-state index contributed by atoms with van der Waals surface area (Å²) >= 11 is 0. The maximum atomic E-state index is 11.9. The minimum Gasteiger partial charge on any atom is -0.404 e. The Bertz CT molecular complexity index is 926. The number of hydrogen-bond acceptors (Lipinski definition) is 5. The minimum atomic E-state index is -0.806. The largest absolute Gasteiger partial charge is 0.455 e. The van der Waals surface area contributed by atoms with Crippen molar-refractivity contribution in [2.75, 3.05) is 0 Å². The van der Waals surface area contributed by atoms with E-state index in [4.69, 9.17) is 9.25 Å². The molecular formula is C16H15N3O4. The van der Waals surface area contributed by atoms with Gasteiger partial charge in [0, 0.05) is 12.7 Å². The number of hydrogen-bond donors (Lipinski definition) is 1. The van der Waals surface area contributed by atoms with Gasteiger partial charge in [0.25, 0.3) is 0 Å². The minimum absolute atomic E-state index is 0.152. The van der Waals surface area contributed by atoms with Crippen molar-refractivity contribution in [3.05, 3.63) is 63.8 Å². The number of nitrogens with zero attached hydrogens (tertiary/aromatic N) is 2. The molecule has 0 bridgehead atoms. The molecule has 2 heterocycles. The summed E-state index contributed by atoms with van der Waals surface area (Å²) in [5, 5.41) is 2.59. The van der Waals surface area contributed by atoms with Gasteiger partial charge in [0.15, 0.2) is 5.58 Å². The molecule has 0 aliphatic heterocycles. The van der Waals surface area contributed by atoms with Gasteiger partial charge in [-0.2, -0.15) is 0 Å². The molecule has 1 aromatic carbocycles. The molecule has 1 N–H and O–H groups in total. The zero-order valence-corrected chi connectivity index (χ0v) is 12.7. The molecule has 0 aliphatic rings. The Morgan fingerprint density at radius 1 is 1.30 bits per heavy atom. The summed E-state index contributed by atoms with van der Waals surface area (Å²) in [5.74, 6) is -0.806. The molecule has 3 rings (SSSR count). The third-order valence-electron chi connectivity index (χ3n) is 3.49. The summed E-state index contributed by atoms with van der Waals surface area (Å²) in [6, 6.07) is 9.07. The summed E-state index contributed by atoms with van der Waals surface area (Å²) < 4.78 is 5.66. The van der Waals surface area contributed by atoms with Crippen LogP contribution in [0, 0.1) is 13.8 Å². The fourth-order valence-electron chi connectivity index (χ4n) is 2.12. The van der Waals surface area contributed by atoms with Gasteiger partial charge < -0.3 is 14.6 Å². The SMILES string of the molecule is Cc1ccc(CNC(=O)On2c(=O)oc3cccnc32)cc1C. The van der Waals surface area contributed by atoms with E-state index in [2.05, 4.69) is 10.3 Å². The van der Waals surface area contributed by atoms with Crippen molar-refractivity contribution in [1.29, 1.82) is 0 Å². The van der Waals surface area contributed by atoms with E-state index in [1.54, 1.807) is 12.1 Å². The molecule has 3 aromatic rings. The van der Waals surface area contributed by atoms with Gasteiger partial charge >= 0.3 is 11.8 Å². The Morgan fingerprint density at radius 2 is 2.13 bits per heavy atom. The first kappa shape index (κ1) is 14.8. The number of aromatic nitrogens is 2. The molecule has 0 fully saturated rings. The van der Waals surface area contributed by atoms with Crippen LogP contribution in [0.3, 0.4) is 0 Å². The molecule has 0 unspecified atom stereocenters. The van der Waals surface area contributed by atoms with Gasteiger partial charge in [0.1, 0.15) is 0 Å². The summed E-state index contributed by atoms with van der Waals surface area (Å²) in [4.78, 5) is 32.5. The predicted octanol–water partition coefficient (Wildman–Crippen LogP) is 1.94. The van der Waals surface area contributed by atoms with E-state index in [1.165, 1.54) is 11.8 Å². The van der Waals surface area contributed by atoms with Gasteiger partial charge in [-0.25, -0.2) is 14.6 Å². The van der Waals surface area contributed by atoms with E-state index in [0.717, 1.165) is 15.9 Å². The molecule has 1 amide bonds. The van der Waals surface area contributed by atoms with E-state index >= 15 is 0 Å². The van der Waals surface area contributed by atoms with Crippen molar-refractivity contribution in [1.82, 2.24) is 15.0 Å². The lowest BCUT2D eigenvalue weighted by Gasteiger charge is -2.07. The van der Waals surface area contributed by atoms with Crippen LogP contribution in [0.15, 0.2) is 45.7 Å². The molecule has 0 saturated heterocycles. The first-order valence-electron chi connectivity index (χ1n) is 7.03. The molecule has 7 nitrogen and oxygen atoms in total. The molecule has 0 atom stereocenters. The van der Waals surface area contributed by atoms with Crippen LogP contribution in [0.4, 0.5) is 4.79 Å². The second-order valence-corrected chi connectivity index (χ2v) is 5.14. The summed E-state index contributed by atoms with van der Waals surface area (Å²) in [5.41, 5.74) is 3.66. The summed E-state index contributed by atoms with van der Waals surface area (Å²) in [6.07, 6.45) is 0.711. The first-order valence-corrected chi connectivity index (χ1v) is 7.03. The summed E-state index contributed by atoms with van der Waals surface area (Å²) in [7, 11) is 0. The van der Waals surface area contributed by atoms with Crippen molar-refractivity contribution in [2.24, 2.45) is 0 Å². The number of aryl methyl sites for hydroxylation is 2. The van der Waals surface area contributed by atoms with Crippen LogP contribution < -0.4 is 15.9 Å². The normalized spacial score (nSPS) is 10.7. The fraction of sp³-hybridized carbons (Fsp3) is 0.188. The Morgan fingerprint density at radius 3 is 2.91 bits per heavy atom. The zero-order chi connectivity index (χ0) is 16.4. The number of nitrogens with one attached hydrogen (secondary N) is 1. The molecule has 0 radical (unpaired) electrons. The number of oxazole rings is 1. The van der Waals surface area contributed by atoms with Crippen LogP contribution in [0.2, 0.25) is 0 Å². The van der Waals surface area contributed by atoms with E-state index in [1.807, 2.05) is 32.0 Å². The highest BCUT2D eigenvalue weighted by molar-refractivity contribution is 5.71. The van der Waals surface area contributed by atoms with Gasteiger partial charge in [-0.15, -0.1) is 0 Å². The molecule has 0 aliphatic carbocycles. The molecule has 118 valence electrons. The number of carbonyl (C=O) groups is 1. The Labute approximate surface area is 131 Å². The number of amides is 1. The number of rotatable bonds is 3. The number of fused-ring (bicyclic) bond motifs is 1. The molecular weight excluding hydrogens is 298 g/mol. The predicted molar refractivity (Wildman–Crippen MR) is 83.0 cm³/mol. The quantitative estimate of drug-likeness (QED) is 0.798. The van der Waals surface area contributed by atoms with Crippen molar-refractivity contribution in [3.8, 4) is 0 Å². The molecule has 2 aromatic heterocycles. The standard InChI is InChI=1S/C16H15N3O4/c1-10-5-6-12(8-11(10)2)9-18-15(20)23-19-14-13(22-16(19)21)4-3-7-17-14/h3-8H,9H2,1-2H3,(H,18,20).